The molecule has 2 fully saturated rings. The van der Waals surface area contributed by atoms with Gasteiger partial charge in [-0.3, -0.25) is 9.59 Å². The van der Waals surface area contributed by atoms with Crippen LogP contribution < -0.4 is 15.8 Å². The molecule has 0 aliphatic carbocycles. The van der Waals surface area contributed by atoms with Crippen molar-refractivity contribution in [3.8, 4) is 5.75 Å². The molecule has 12 heteroatoms. The SMILES string of the molecule is NC(=O)c1cc(S(=O)(=O)N2CCCC2)ccc1OCC(=O)N[C@H]1CCS(=O)(=O)C1. The molecule has 1 aromatic rings. The Morgan fingerprint density at radius 2 is 1.93 bits per heavy atom. The lowest BCUT2D eigenvalue weighted by Crippen LogP contribution is -2.38. The maximum Gasteiger partial charge on any atom is 0.258 e. The van der Waals surface area contributed by atoms with Gasteiger partial charge in [0.05, 0.1) is 22.0 Å². The second kappa shape index (κ2) is 8.28. The first kappa shape index (κ1) is 21.5. The molecule has 160 valence electrons. The van der Waals surface area contributed by atoms with Crippen molar-refractivity contribution in [3.63, 3.8) is 0 Å². The summed E-state index contributed by atoms with van der Waals surface area (Å²) in [5.41, 5.74) is 5.20. The summed E-state index contributed by atoms with van der Waals surface area (Å²) >= 11 is 0. The summed E-state index contributed by atoms with van der Waals surface area (Å²) in [6.45, 7) is 0.377. The molecule has 1 aromatic carbocycles. The third kappa shape index (κ3) is 5.06. The van der Waals surface area contributed by atoms with Crippen LogP contribution in [-0.2, 0) is 24.7 Å². The van der Waals surface area contributed by atoms with E-state index in [9.17, 15) is 26.4 Å². The number of nitrogens with zero attached hydrogens (tertiary/aromatic N) is 1. The molecule has 0 radical (unpaired) electrons. The van der Waals surface area contributed by atoms with Crippen LogP contribution in [0.3, 0.4) is 0 Å². The minimum Gasteiger partial charge on any atom is -0.483 e. The lowest BCUT2D eigenvalue weighted by atomic mass is 10.2. The Morgan fingerprint density at radius 1 is 1.24 bits per heavy atom. The summed E-state index contributed by atoms with van der Waals surface area (Å²) in [5.74, 6) is -1.55. The Kier molecular flexibility index (Phi) is 6.15. The molecule has 29 heavy (non-hydrogen) atoms. The van der Waals surface area contributed by atoms with Crippen LogP contribution in [0.4, 0.5) is 0 Å². The van der Waals surface area contributed by atoms with Gasteiger partial charge in [-0.15, -0.1) is 0 Å². The zero-order valence-electron chi connectivity index (χ0n) is 15.7. The molecular weight excluding hydrogens is 422 g/mol. The van der Waals surface area contributed by atoms with Gasteiger partial charge in [-0.1, -0.05) is 0 Å². The van der Waals surface area contributed by atoms with Crippen molar-refractivity contribution < 1.29 is 31.2 Å². The zero-order valence-corrected chi connectivity index (χ0v) is 17.3. The van der Waals surface area contributed by atoms with Gasteiger partial charge in [0, 0.05) is 19.1 Å². The summed E-state index contributed by atoms with van der Waals surface area (Å²) in [6.07, 6.45) is 1.89. The predicted octanol–water partition coefficient (Wildman–Crippen LogP) is -0.748. The van der Waals surface area contributed by atoms with Crippen LogP contribution in [-0.4, -0.2) is 70.2 Å². The average molecular weight is 446 g/mol. The second-order valence-electron chi connectivity index (χ2n) is 7.09. The van der Waals surface area contributed by atoms with Crippen LogP contribution in [0.2, 0.25) is 0 Å². The molecule has 0 spiro atoms. The van der Waals surface area contributed by atoms with Gasteiger partial charge in [0.1, 0.15) is 5.75 Å². The van der Waals surface area contributed by atoms with E-state index in [1.165, 1.54) is 16.4 Å². The van der Waals surface area contributed by atoms with Gasteiger partial charge in [0.2, 0.25) is 10.0 Å². The number of nitrogens with two attached hydrogens (primary N) is 1. The molecule has 0 aromatic heterocycles. The smallest absolute Gasteiger partial charge is 0.258 e. The lowest BCUT2D eigenvalue weighted by Gasteiger charge is -2.17. The van der Waals surface area contributed by atoms with Crippen molar-refractivity contribution in [2.24, 2.45) is 5.73 Å². The molecule has 2 saturated heterocycles. The maximum absolute atomic E-state index is 12.7. The van der Waals surface area contributed by atoms with Crippen molar-refractivity contribution in [2.45, 2.75) is 30.2 Å². The van der Waals surface area contributed by atoms with E-state index < -0.39 is 44.3 Å². The number of sulfone groups is 1. The average Bonchev–Trinajstić information content (AvgIpc) is 3.30. The number of carbonyl (C=O) groups excluding carboxylic acids is 2. The third-order valence-corrected chi connectivity index (χ3v) is 8.54. The first-order valence-electron chi connectivity index (χ1n) is 9.15. The van der Waals surface area contributed by atoms with Crippen molar-refractivity contribution in [1.82, 2.24) is 9.62 Å². The Labute approximate surface area is 169 Å². The quantitative estimate of drug-likeness (QED) is 0.560. The van der Waals surface area contributed by atoms with Crippen LogP contribution in [0.5, 0.6) is 5.75 Å². The summed E-state index contributed by atoms with van der Waals surface area (Å²) in [7, 11) is -6.87. The largest absolute Gasteiger partial charge is 0.483 e. The number of hydrogen-bond acceptors (Lipinski definition) is 7. The van der Waals surface area contributed by atoms with E-state index in [0.717, 1.165) is 18.9 Å². The zero-order chi connectivity index (χ0) is 21.2. The Morgan fingerprint density at radius 3 is 2.52 bits per heavy atom. The molecule has 2 heterocycles. The lowest BCUT2D eigenvalue weighted by molar-refractivity contribution is -0.123. The minimum absolute atomic E-state index is 0.0212. The summed E-state index contributed by atoms with van der Waals surface area (Å²) in [4.78, 5) is 23.7. The standard InChI is InChI=1S/C17H23N3O7S2/c18-17(22)14-9-13(29(25,26)20-6-1-2-7-20)3-4-15(14)27-10-16(21)19-12-5-8-28(23,24)11-12/h3-4,9,12H,1-2,5-8,10-11H2,(H2,18,22)(H,19,21)/t12-/m0/s1. The first-order valence-corrected chi connectivity index (χ1v) is 12.4. The molecule has 10 nitrogen and oxygen atoms in total. The molecule has 0 bridgehead atoms. The Bertz CT molecular complexity index is 1020. The van der Waals surface area contributed by atoms with Crippen molar-refractivity contribution in [1.29, 1.82) is 0 Å². The monoisotopic (exact) mass is 445 g/mol. The number of nitrogens with one attached hydrogen (secondary N) is 1. The van der Waals surface area contributed by atoms with E-state index in [2.05, 4.69) is 5.32 Å². The molecule has 1 atom stereocenters. The second-order valence-corrected chi connectivity index (χ2v) is 11.3. The number of benzene rings is 1. The third-order valence-electron chi connectivity index (χ3n) is 4.88. The van der Waals surface area contributed by atoms with Gasteiger partial charge in [0.25, 0.3) is 11.8 Å². The van der Waals surface area contributed by atoms with Crippen LogP contribution in [0.1, 0.15) is 29.6 Å². The molecule has 2 aliphatic heterocycles. The van der Waals surface area contributed by atoms with E-state index in [4.69, 9.17) is 10.5 Å². The summed E-state index contributed by atoms with van der Waals surface area (Å²) in [5, 5.41) is 2.56. The van der Waals surface area contributed by atoms with Gasteiger partial charge >= 0.3 is 0 Å². The number of carbonyl (C=O) groups is 2. The van der Waals surface area contributed by atoms with Crippen LogP contribution in [0.25, 0.3) is 0 Å². The number of ether oxygens (including phenoxy) is 1. The first-order chi connectivity index (χ1) is 13.6. The number of sulfonamides is 1. The van der Waals surface area contributed by atoms with Crippen LogP contribution in [0, 0.1) is 0 Å². The fourth-order valence-corrected chi connectivity index (χ4v) is 6.60. The fraction of sp³-hybridized carbons (Fsp3) is 0.529. The van der Waals surface area contributed by atoms with Gasteiger partial charge in [0.15, 0.2) is 16.4 Å². The van der Waals surface area contributed by atoms with E-state index in [1.54, 1.807) is 0 Å². The normalized spacial score (nSPS) is 21.7. The molecule has 2 amide bonds. The van der Waals surface area contributed by atoms with E-state index >= 15 is 0 Å². The van der Waals surface area contributed by atoms with E-state index in [-0.39, 0.29) is 27.7 Å². The highest BCUT2D eigenvalue weighted by atomic mass is 32.2. The summed E-state index contributed by atoms with van der Waals surface area (Å²) in [6, 6.07) is 3.26. The molecule has 2 aliphatic rings. The fourth-order valence-electron chi connectivity index (χ4n) is 3.39. The Hall–Kier alpha value is -2.18. The van der Waals surface area contributed by atoms with Crippen molar-refractivity contribution in [3.05, 3.63) is 23.8 Å². The molecule has 0 saturated carbocycles. The topological polar surface area (TPSA) is 153 Å². The highest BCUT2D eigenvalue weighted by Gasteiger charge is 2.30. The molecule has 3 N–H and O–H groups in total. The summed E-state index contributed by atoms with van der Waals surface area (Å²) < 4.78 is 54.9. The van der Waals surface area contributed by atoms with Crippen molar-refractivity contribution in [2.75, 3.05) is 31.2 Å². The molecule has 3 rings (SSSR count). The maximum atomic E-state index is 12.7. The van der Waals surface area contributed by atoms with Gasteiger partial charge < -0.3 is 15.8 Å². The van der Waals surface area contributed by atoms with E-state index in [1.807, 2.05) is 0 Å². The van der Waals surface area contributed by atoms with E-state index in [0.29, 0.717) is 19.5 Å². The molecule has 0 unspecified atom stereocenters. The molecular formula is C17H23N3O7S2. The Balaban J connectivity index is 1.69. The number of hydrogen-bond donors (Lipinski definition) is 2. The van der Waals surface area contributed by atoms with Crippen molar-refractivity contribution >= 4 is 31.7 Å². The highest BCUT2D eigenvalue weighted by molar-refractivity contribution is 7.91. The predicted molar refractivity (Wildman–Crippen MR) is 104 cm³/mol. The number of primary amides is 1. The highest BCUT2D eigenvalue weighted by Crippen LogP contribution is 2.26. The van der Waals surface area contributed by atoms with Crippen LogP contribution in [0.15, 0.2) is 23.1 Å². The minimum atomic E-state index is -3.74. The number of rotatable bonds is 7. The number of amides is 2. The van der Waals surface area contributed by atoms with Gasteiger partial charge in [-0.25, -0.2) is 16.8 Å². The van der Waals surface area contributed by atoms with Gasteiger partial charge in [-0.05, 0) is 37.5 Å². The van der Waals surface area contributed by atoms with Gasteiger partial charge in [-0.2, -0.15) is 4.31 Å². The van der Waals surface area contributed by atoms with Crippen LogP contribution >= 0.6 is 0 Å².